The molecule has 1 spiro atoms. The minimum atomic E-state index is -2.56. The Balaban J connectivity index is 1.54. The van der Waals surface area contributed by atoms with Crippen LogP contribution in [0, 0.1) is 11.3 Å². The van der Waals surface area contributed by atoms with Crippen LogP contribution in [0.3, 0.4) is 0 Å². The van der Waals surface area contributed by atoms with Gasteiger partial charge >= 0.3 is 0 Å². The summed E-state index contributed by atoms with van der Waals surface area (Å²) in [7, 11) is 1.76. The van der Waals surface area contributed by atoms with Crippen molar-refractivity contribution in [2.24, 2.45) is 18.4 Å². The molecule has 3 aliphatic rings. The van der Waals surface area contributed by atoms with E-state index in [4.69, 9.17) is 5.73 Å². The third-order valence-corrected chi connectivity index (χ3v) is 7.52. The lowest BCUT2D eigenvalue weighted by molar-refractivity contribution is -0.0381. The molecular weight excluding hydrogens is 362 g/mol. The zero-order chi connectivity index (χ0) is 20.1. The zero-order valence-corrected chi connectivity index (χ0v) is 17.0. The first-order chi connectivity index (χ1) is 13.2. The second-order valence-corrected chi connectivity index (χ2v) is 9.44. The number of piperidine rings is 1. The molecule has 1 aromatic rings. The highest BCUT2D eigenvalue weighted by atomic mass is 19.3. The summed E-state index contributed by atoms with van der Waals surface area (Å²) < 4.78 is 29.8. The summed E-state index contributed by atoms with van der Waals surface area (Å²) in [5.74, 6) is -1.96. The summed E-state index contributed by atoms with van der Waals surface area (Å²) in [5, 5.41) is 0. The molecule has 1 aromatic heterocycles. The Morgan fingerprint density at radius 1 is 1.14 bits per heavy atom. The minimum Gasteiger partial charge on any atom is -0.383 e. The zero-order valence-electron chi connectivity index (χ0n) is 17.0. The van der Waals surface area contributed by atoms with Crippen molar-refractivity contribution in [1.29, 1.82) is 0 Å². The molecule has 28 heavy (non-hydrogen) atoms. The Bertz CT molecular complexity index is 792. The Morgan fingerprint density at radius 3 is 2.36 bits per heavy atom. The Kier molecular flexibility index (Phi) is 4.91. The van der Waals surface area contributed by atoms with Crippen LogP contribution in [0.1, 0.15) is 76.2 Å². The van der Waals surface area contributed by atoms with Crippen molar-refractivity contribution >= 4 is 11.8 Å². The first kappa shape index (κ1) is 19.6. The highest BCUT2D eigenvalue weighted by Gasteiger charge is 2.54. The molecule has 0 aromatic carbocycles. The van der Waals surface area contributed by atoms with Crippen LogP contribution < -0.4 is 16.2 Å². The van der Waals surface area contributed by atoms with Gasteiger partial charge in [-0.25, -0.2) is 8.78 Å². The van der Waals surface area contributed by atoms with Crippen LogP contribution in [-0.4, -0.2) is 28.6 Å². The number of halogens is 2. The summed E-state index contributed by atoms with van der Waals surface area (Å²) in [6.07, 6.45) is 7.49. The first-order valence-electron chi connectivity index (χ1n) is 10.7. The fourth-order valence-corrected chi connectivity index (χ4v) is 5.79. The van der Waals surface area contributed by atoms with Gasteiger partial charge in [0.1, 0.15) is 5.82 Å². The molecule has 2 N–H and O–H groups in total. The SMILES string of the molecule is C[C@@H]1CC2(CCN(c3nc(N)c(C4CCCCC4)c(=O)n3C)CC2)CC1(F)F. The summed E-state index contributed by atoms with van der Waals surface area (Å²) in [5.41, 5.74) is 6.60. The fourth-order valence-electron chi connectivity index (χ4n) is 5.79. The molecule has 1 atom stereocenters. The van der Waals surface area contributed by atoms with Gasteiger partial charge in [-0.05, 0) is 43.4 Å². The lowest BCUT2D eigenvalue weighted by Crippen LogP contribution is -2.43. The molecule has 2 saturated carbocycles. The molecule has 7 heteroatoms. The molecule has 1 saturated heterocycles. The average Bonchev–Trinajstić information content (AvgIpc) is 2.88. The van der Waals surface area contributed by atoms with Gasteiger partial charge in [0.25, 0.3) is 11.5 Å². The van der Waals surface area contributed by atoms with Crippen molar-refractivity contribution in [3.05, 3.63) is 15.9 Å². The van der Waals surface area contributed by atoms with Crippen molar-refractivity contribution in [1.82, 2.24) is 9.55 Å². The number of aromatic nitrogens is 2. The van der Waals surface area contributed by atoms with Gasteiger partial charge in [0.2, 0.25) is 5.95 Å². The van der Waals surface area contributed by atoms with Crippen LogP contribution in [0.25, 0.3) is 0 Å². The molecule has 0 unspecified atom stereocenters. The van der Waals surface area contributed by atoms with E-state index in [1.807, 2.05) is 0 Å². The predicted octanol–water partition coefficient (Wildman–Crippen LogP) is 4.06. The third-order valence-electron chi connectivity index (χ3n) is 7.52. The number of alkyl halides is 2. The number of anilines is 2. The molecule has 1 aliphatic heterocycles. The van der Waals surface area contributed by atoms with E-state index in [2.05, 4.69) is 9.88 Å². The van der Waals surface area contributed by atoms with E-state index in [0.29, 0.717) is 49.7 Å². The quantitative estimate of drug-likeness (QED) is 0.822. The first-order valence-corrected chi connectivity index (χ1v) is 10.7. The molecule has 2 heterocycles. The Labute approximate surface area is 165 Å². The monoisotopic (exact) mass is 394 g/mol. The Morgan fingerprint density at radius 2 is 1.79 bits per heavy atom. The predicted molar refractivity (Wildman–Crippen MR) is 107 cm³/mol. The average molecular weight is 395 g/mol. The van der Waals surface area contributed by atoms with Crippen LogP contribution in [0.4, 0.5) is 20.5 Å². The molecule has 0 radical (unpaired) electrons. The van der Waals surface area contributed by atoms with Crippen LogP contribution >= 0.6 is 0 Å². The minimum absolute atomic E-state index is 0.00980. The molecular formula is C21H32F2N4O. The number of rotatable bonds is 2. The highest BCUT2D eigenvalue weighted by Crippen LogP contribution is 2.55. The maximum absolute atomic E-state index is 14.1. The van der Waals surface area contributed by atoms with E-state index < -0.39 is 11.8 Å². The van der Waals surface area contributed by atoms with Gasteiger partial charge < -0.3 is 10.6 Å². The van der Waals surface area contributed by atoms with E-state index in [0.717, 1.165) is 25.7 Å². The normalized spacial score (nSPS) is 27.4. The largest absolute Gasteiger partial charge is 0.383 e. The molecule has 4 rings (SSSR count). The lowest BCUT2D eigenvalue weighted by atomic mass is 9.76. The lowest BCUT2D eigenvalue weighted by Gasteiger charge is -2.40. The second kappa shape index (κ2) is 6.99. The standard InChI is InChI=1S/C21H32F2N4O/c1-14-12-20(13-21(14,22)23)8-10-27(11-9-20)19-25-17(24)16(18(28)26(19)2)15-6-4-3-5-7-15/h14-15H,3-13,24H2,1-2H3/t14-/m1/s1. The van der Waals surface area contributed by atoms with Gasteiger partial charge in [0.15, 0.2) is 0 Å². The molecule has 0 amide bonds. The number of nitrogen functional groups attached to an aromatic ring is 1. The summed E-state index contributed by atoms with van der Waals surface area (Å²) in [6, 6.07) is 0. The van der Waals surface area contributed by atoms with E-state index in [-0.39, 0.29) is 23.3 Å². The molecule has 156 valence electrons. The van der Waals surface area contributed by atoms with Gasteiger partial charge in [0.05, 0.1) is 5.56 Å². The van der Waals surface area contributed by atoms with Crippen molar-refractivity contribution in [3.8, 4) is 0 Å². The number of hydrogen-bond acceptors (Lipinski definition) is 4. The van der Waals surface area contributed by atoms with Crippen molar-refractivity contribution < 1.29 is 8.78 Å². The van der Waals surface area contributed by atoms with Gasteiger partial charge in [-0.3, -0.25) is 9.36 Å². The van der Waals surface area contributed by atoms with Gasteiger partial charge in [0, 0.05) is 32.5 Å². The van der Waals surface area contributed by atoms with Gasteiger partial charge in [-0.2, -0.15) is 4.98 Å². The third kappa shape index (κ3) is 3.30. The summed E-state index contributed by atoms with van der Waals surface area (Å²) >= 11 is 0. The van der Waals surface area contributed by atoms with E-state index in [1.54, 1.807) is 18.5 Å². The maximum atomic E-state index is 14.1. The maximum Gasteiger partial charge on any atom is 0.260 e. The molecule has 2 aliphatic carbocycles. The fraction of sp³-hybridized carbons (Fsp3) is 0.810. The van der Waals surface area contributed by atoms with Crippen LogP contribution in [0.2, 0.25) is 0 Å². The van der Waals surface area contributed by atoms with Crippen molar-refractivity contribution in [2.75, 3.05) is 23.7 Å². The summed E-state index contributed by atoms with van der Waals surface area (Å²) in [6.45, 7) is 2.95. The molecule has 3 fully saturated rings. The topological polar surface area (TPSA) is 64.2 Å². The Hall–Kier alpha value is -1.66. The number of nitrogens with zero attached hydrogens (tertiary/aromatic N) is 3. The van der Waals surface area contributed by atoms with Crippen LogP contribution in [-0.2, 0) is 7.05 Å². The van der Waals surface area contributed by atoms with E-state index in [9.17, 15) is 13.6 Å². The van der Waals surface area contributed by atoms with Crippen molar-refractivity contribution in [3.63, 3.8) is 0 Å². The molecule has 0 bridgehead atoms. The smallest absolute Gasteiger partial charge is 0.260 e. The second-order valence-electron chi connectivity index (χ2n) is 9.44. The van der Waals surface area contributed by atoms with E-state index >= 15 is 0 Å². The van der Waals surface area contributed by atoms with Gasteiger partial charge in [-0.15, -0.1) is 0 Å². The number of hydrogen-bond donors (Lipinski definition) is 1. The number of nitrogens with two attached hydrogens (primary N) is 1. The van der Waals surface area contributed by atoms with Crippen molar-refractivity contribution in [2.45, 2.75) is 76.6 Å². The highest BCUT2D eigenvalue weighted by molar-refractivity contribution is 5.47. The van der Waals surface area contributed by atoms with E-state index in [1.165, 1.54) is 6.42 Å². The van der Waals surface area contributed by atoms with Gasteiger partial charge in [-0.1, -0.05) is 26.2 Å². The van der Waals surface area contributed by atoms with Crippen LogP contribution in [0.15, 0.2) is 4.79 Å². The van der Waals surface area contributed by atoms with Crippen LogP contribution in [0.5, 0.6) is 0 Å². The summed E-state index contributed by atoms with van der Waals surface area (Å²) in [4.78, 5) is 19.7. The molecule has 5 nitrogen and oxygen atoms in total.